The third kappa shape index (κ3) is 2.69. The van der Waals surface area contributed by atoms with E-state index in [0.717, 1.165) is 31.4 Å². The Kier molecular flexibility index (Phi) is 3.52. The van der Waals surface area contributed by atoms with Crippen molar-refractivity contribution in [2.24, 2.45) is 5.73 Å². The van der Waals surface area contributed by atoms with Crippen molar-refractivity contribution < 1.29 is 9.21 Å². The molecule has 2 rings (SSSR count). The van der Waals surface area contributed by atoms with Crippen LogP contribution in [0.25, 0.3) is 0 Å². The van der Waals surface area contributed by atoms with Gasteiger partial charge in [-0.3, -0.25) is 4.79 Å². The second-order valence-electron chi connectivity index (χ2n) is 4.86. The van der Waals surface area contributed by atoms with Crippen molar-refractivity contribution in [3.05, 3.63) is 23.2 Å². The average molecular weight is 236 g/mol. The molecule has 4 nitrogen and oxygen atoms in total. The number of nitrogens with one attached hydrogen (secondary N) is 1. The van der Waals surface area contributed by atoms with Crippen LogP contribution in [0.3, 0.4) is 0 Å². The maximum absolute atomic E-state index is 12.1. The first-order valence-corrected chi connectivity index (χ1v) is 6.21. The van der Waals surface area contributed by atoms with Crippen LogP contribution in [-0.2, 0) is 0 Å². The van der Waals surface area contributed by atoms with E-state index < -0.39 is 0 Å². The number of hydrogen-bond donors (Lipinski definition) is 2. The van der Waals surface area contributed by atoms with Gasteiger partial charge in [-0.2, -0.15) is 0 Å². The molecule has 0 aromatic carbocycles. The van der Waals surface area contributed by atoms with Gasteiger partial charge in [-0.1, -0.05) is 12.8 Å². The smallest absolute Gasteiger partial charge is 0.255 e. The van der Waals surface area contributed by atoms with Gasteiger partial charge in [0, 0.05) is 12.1 Å². The number of carbonyl (C=O) groups is 1. The van der Waals surface area contributed by atoms with Gasteiger partial charge in [0.15, 0.2) is 0 Å². The van der Waals surface area contributed by atoms with Crippen LogP contribution in [0.2, 0.25) is 0 Å². The molecule has 3 N–H and O–H groups in total. The predicted molar refractivity (Wildman–Crippen MR) is 65.9 cm³/mol. The number of aryl methyl sites for hydroxylation is 2. The van der Waals surface area contributed by atoms with Crippen molar-refractivity contribution in [1.29, 1.82) is 0 Å². The minimum atomic E-state index is -0.0679. The maximum atomic E-state index is 12.1. The summed E-state index contributed by atoms with van der Waals surface area (Å²) in [4.78, 5) is 12.1. The Balaban J connectivity index is 2.03. The van der Waals surface area contributed by atoms with Gasteiger partial charge in [0.2, 0.25) is 0 Å². The zero-order chi connectivity index (χ0) is 12.4. The van der Waals surface area contributed by atoms with Crippen LogP contribution >= 0.6 is 0 Å². The summed E-state index contributed by atoms with van der Waals surface area (Å²) in [6.07, 6.45) is 4.27. The zero-order valence-corrected chi connectivity index (χ0v) is 10.5. The summed E-state index contributed by atoms with van der Waals surface area (Å²) in [7, 11) is 0. The lowest BCUT2D eigenvalue weighted by Gasteiger charge is -2.29. The Morgan fingerprint density at radius 1 is 1.41 bits per heavy atom. The summed E-state index contributed by atoms with van der Waals surface area (Å²) in [6.45, 7) is 3.65. The van der Waals surface area contributed by atoms with Gasteiger partial charge in [-0.05, 0) is 32.8 Å². The standard InChI is InChI=1S/C13H20N2O2/c1-8-7-10(9(2)17-8)13(16)15-12-6-4-3-5-11(12)14/h7,11-12H,3-6,14H2,1-2H3,(H,15,16)/t11-,12-/m1/s1. The first-order chi connectivity index (χ1) is 8.08. The van der Waals surface area contributed by atoms with E-state index in [1.165, 1.54) is 0 Å². The van der Waals surface area contributed by atoms with Crippen LogP contribution in [0.5, 0.6) is 0 Å². The highest BCUT2D eigenvalue weighted by atomic mass is 16.3. The topological polar surface area (TPSA) is 68.3 Å². The summed E-state index contributed by atoms with van der Waals surface area (Å²) in [5.74, 6) is 1.37. The molecule has 1 aliphatic carbocycles. The molecular formula is C13H20N2O2. The molecule has 0 spiro atoms. The summed E-state index contributed by atoms with van der Waals surface area (Å²) in [5.41, 5.74) is 6.64. The molecule has 0 saturated heterocycles. The molecule has 1 fully saturated rings. The van der Waals surface area contributed by atoms with E-state index in [-0.39, 0.29) is 18.0 Å². The van der Waals surface area contributed by atoms with Crippen molar-refractivity contribution in [2.75, 3.05) is 0 Å². The first-order valence-electron chi connectivity index (χ1n) is 6.21. The molecular weight excluding hydrogens is 216 g/mol. The second kappa shape index (κ2) is 4.92. The minimum absolute atomic E-state index is 0.0679. The molecule has 1 heterocycles. The van der Waals surface area contributed by atoms with Gasteiger partial charge in [-0.25, -0.2) is 0 Å². The molecule has 2 atom stereocenters. The zero-order valence-electron chi connectivity index (χ0n) is 10.5. The third-order valence-electron chi connectivity index (χ3n) is 3.42. The van der Waals surface area contributed by atoms with Crippen LogP contribution in [0.1, 0.15) is 47.6 Å². The maximum Gasteiger partial charge on any atom is 0.255 e. The molecule has 1 aromatic heterocycles. The number of furan rings is 1. The number of nitrogens with two attached hydrogens (primary N) is 1. The lowest BCUT2D eigenvalue weighted by Crippen LogP contribution is -2.49. The van der Waals surface area contributed by atoms with E-state index >= 15 is 0 Å². The van der Waals surface area contributed by atoms with Crippen LogP contribution in [0, 0.1) is 13.8 Å². The predicted octanol–water partition coefficient (Wildman–Crippen LogP) is 1.90. The van der Waals surface area contributed by atoms with Crippen molar-refractivity contribution in [3.8, 4) is 0 Å². The number of rotatable bonds is 2. The SMILES string of the molecule is Cc1cc(C(=O)N[C@@H]2CCCC[C@H]2N)c(C)o1. The molecule has 17 heavy (non-hydrogen) atoms. The lowest BCUT2D eigenvalue weighted by molar-refractivity contribution is 0.0919. The van der Waals surface area contributed by atoms with Crippen molar-refractivity contribution in [1.82, 2.24) is 5.32 Å². The average Bonchev–Trinajstić information content (AvgIpc) is 2.61. The van der Waals surface area contributed by atoms with E-state index in [4.69, 9.17) is 10.2 Å². The molecule has 94 valence electrons. The molecule has 1 aromatic rings. The molecule has 0 unspecified atom stereocenters. The van der Waals surface area contributed by atoms with E-state index in [1.54, 1.807) is 6.07 Å². The van der Waals surface area contributed by atoms with Gasteiger partial charge in [0.1, 0.15) is 11.5 Å². The van der Waals surface area contributed by atoms with Gasteiger partial charge >= 0.3 is 0 Å². The highest BCUT2D eigenvalue weighted by Crippen LogP contribution is 2.19. The van der Waals surface area contributed by atoms with Gasteiger partial charge in [0.05, 0.1) is 5.56 Å². The molecule has 1 amide bonds. The monoisotopic (exact) mass is 236 g/mol. The first kappa shape index (κ1) is 12.2. The largest absolute Gasteiger partial charge is 0.466 e. The fourth-order valence-electron chi connectivity index (χ4n) is 2.44. The number of carbonyl (C=O) groups excluding carboxylic acids is 1. The fourth-order valence-corrected chi connectivity index (χ4v) is 2.44. The minimum Gasteiger partial charge on any atom is -0.466 e. The Morgan fingerprint density at radius 3 is 2.71 bits per heavy atom. The van der Waals surface area contributed by atoms with Gasteiger partial charge < -0.3 is 15.5 Å². The third-order valence-corrected chi connectivity index (χ3v) is 3.42. The molecule has 1 saturated carbocycles. The van der Waals surface area contributed by atoms with Crippen molar-refractivity contribution in [2.45, 2.75) is 51.6 Å². The summed E-state index contributed by atoms with van der Waals surface area (Å²) >= 11 is 0. The second-order valence-corrected chi connectivity index (χ2v) is 4.86. The quantitative estimate of drug-likeness (QED) is 0.824. The van der Waals surface area contributed by atoms with Crippen LogP contribution < -0.4 is 11.1 Å². The highest BCUT2D eigenvalue weighted by Gasteiger charge is 2.24. The summed E-state index contributed by atoms with van der Waals surface area (Å²) in [5, 5.41) is 3.02. The van der Waals surface area contributed by atoms with Crippen LogP contribution in [-0.4, -0.2) is 18.0 Å². The van der Waals surface area contributed by atoms with Gasteiger partial charge in [-0.15, -0.1) is 0 Å². The molecule has 0 aliphatic heterocycles. The van der Waals surface area contributed by atoms with E-state index in [1.807, 2.05) is 13.8 Å². The molecule has 4 heteroatoms. The van der Waals surface area contributed by atoms with Crippen molar-refractivity contribution in [3.63, 3.8) is 0 Å². The Hall–Kier alpha value is -1.29. The Morgan fingerprint density at radius 2 is 2.12 bits per heavy atom. The lowest BCUT2D eigenvalue weighted by atomic mass is 9.91. The molecule has 0 bridgehead atoms. The normalized spacial score (nSPS) is 24.6. The van der Waals surface area contributed by atoms with E-state index in [9.17, 15) is 4.79 Å². The Labute approximate surface area is 102 Å². The molecule has 0 radical (unpaired) electrons. The van der Waals surface area contributed by atoms with E-state index in [0.29, 0.717) is 11.3 Å². The highest BCUT2D eigenvalue weighted by molar-refractivity contribution is 5.95. The summed E-state index contributed by atoms with van der Waals surface area (Å²) < 4.78 is 5.36. The number of hydrogen-bond acceptors (Lipinski definition) is 3. The Bertz CT molecular complexity index is 412. The van der Waals surface area contributed by atoms with Crippen LogP contribution in [0.15, 0.2) is 10.5 Å². The van der Waals surface area contributed by atoms with Crippen molar-refractivity contribution >= 4 is 5.91 Å². The molecule has 1 aliphatic rings. The summed E-state index contributed by atoms with van der Waals surface area (Å²) in [6, 6.07) is 1.96. The fraction of sp³-hybridized carbons (Fsp3) is 0.615. The van der Waals surface area contributed by atoms with Crippen LogP contribution in [0.4, 0.5) is 0 Å². The van der Waals surface area contributed by atoms with E-state index in [2.05, 4.69) is 5.32 Å². The number of amides is 1. The van der Waals surface area contributed by atoms with Gasteiger partial charge in [0.25, 0.3) is 5.91 Å².